The van der Waals surface area contributed by atoms with E-state index in [2.05, 4.69) is 0 Å². The smallest absolute Gasteiger partial charge is 0.337 e. The van der Waals surface area contributed by atoms with Crippen molar-refractivity contribution in [1.29, 1.82) is 0 Å². The zero-order valence-corrected chi connectivity index (χ0v) is 13.0. The molecule has 0 amide bonds. The Labute approximate surface area is 129 Å². The van der Waals surface area contributed by atoms with Crippen LogP contribution < -0.4 is 9.64 Å². The second-order valence-corrected chi connectivity index (χ2v) is 5.53. The number of esters is 1. The third kappa shape index (κ3) is 3.16. The number of carbonyl (C=O) groups excluding carboxylic acids is 1. The fourth-order valence-corrected chi connectivity index (χ4v) is 2.95. The number of ether oxygens (including phenoxy) is 2. The number of rotatable bonds is 4. The van der Waals surface area contributed by atoms with Crippen LogP contribution in [0.25, 0.3) is 0 Å². The number of hydrogen-bond donors (Lipinski definition) is 1. The highest BCUT2D eigenvalue weighted by Crippen LogP contribution is 2.32. The van der Waals surface area contributed by atoms with Gasteiger partial charge in [-0.2, -0.15) is 0 Å². The number of nitrogens with zero attached hydrogens (tertiary/aromatic N) is 1. The third-order valence-electron chi connectivity index (χ3n) is 4.19. The first-order chi connectivity index (χ1) is 10.5. The van der Waals surface area contributed by atoms with Crippen molar-refractivity contribution in [2.45, 2.75) is 13.3 Å². The van der Waals surface area contributed by atoms with E-state index in [1.807, 2.05) is 11.8 Å². The van der Waals surface area contributed by atoms with Crippen LogP contribution in [0.3, 0.4) is 0 Å². The van der Waals surface area contributed by atoms with Gasteiger partial charge in [-0.25, -0.2) is 4.79 Å². The largest absolute Gasteiger partial charge is 0.497 e. The predicted molar refractivity (Wildman–Crippen MR) is 81.5 cm³/mol. The van der Waals surface area contributed by atoms with Gasteiger partial charge in [0.05, 0.1) is 31.4 Å². The van der Waals surface area contributed by atoms with Gasteiger partial charge in [-0.3, -0.25) is 4.79 Å². The lowest BCUT2D eigenvalue weighted by Crippen LogP contribution is -2.43. The highest BCUT2D eigenvalue weighted by Gasteiger charge is 2.33. The number of carbonyl (C=O) groups is 2. The molecule has 0 bridgehead atoms. The van der Waals surface area contributed by atoms with Crippen LogP contribution in [0.2, 0.25) is 0 Å². The van der Waals surface area contributed by atoms with E-state index in [0.29, 0.717) is 30.9 Å². The molecule has 0 saturated carbocycles. The average molecular weight is 307 g/mol. The number of benzene rings is 1. The van der Waals surface area contributed by atoms with Crippen molar-refractivity contribution in [2.24, 2.45) is 11.8 Å². The van der Waals surface area contributed by atoms with E-state index in [4.69, 9.17) is 9.47 Å². The van der Waals surface area contributed by atoms with Crippen molar-refractivity contribution in [2.75, 3.05) is 32.2 Å². The molecule has 120 valence electrons. The van der Waals surface area contributed by atoms with Gasteiger partial charge in [0.1, 0.15) is 5.75 Å². The summed E-state index contributed by atoms with van der Waals surface area (Å²) >= 11 is 0. The summed E-state index contributed by atoms with van der Waals surface area (Å²) in [6.45, 7) is 3.19. The maximum Gasteiger partial charge on any atom is 0.337 e. The van der Waals surface area contributed by atoms with Crippen molar-refractivity contribution in [3.05, 3.63) is 23.8 Å². The summed E-state index contributed by atoms with van der Waals surface area (Å²) in [6, 6.07) is 4.92. The fourth-order valence-electron chi connectivity index (χ4n) is 2.95. The van der Waals surface area contributed by atoms with E-state index in [0.717, 1.165) is 0 Å². The number of carboxylic acid groups (broad SMARTS) is 1. The van der Waals surface area contributed by atoms with Gasteiger partial charge >= 0.3 is 11.9 Å². The summed E-state index contributed by atoms with van der Waals surface area (Å²) in [5, 5.41) is 9.36. The number of hydrogen-bond acceptors (Lipinski definition) is 5. The third-order valence-corrected chi connectivity index (χ3v) is 4.19. The average Bonchev–Trinajstić information content (AvgIpc) is 2.53. The SMILES string of the molecule is COC(=O)[C@@H]1CCN(c2cc(OC)ccc2C(=O)O)C[C@H]1C. The molecule has 1 fully saturated rings. The van der Waals surface area contributed by atoms with E-state index in [1.165, 1.54) is 7.11 Å². The fraction of sp³-hybridized carbons (Fsp3) is 0.500. The van der Waals surface area contributed by atoms with Crippen LogP contribution in [0.1, 0.15) is 23.7 Å². The molecule has 22 heavy (non-hydrogen) atoms. The molecule has 1 N–H and O–H groups in total. The molecule has 1 aliphatic heterocycles. The van der Waals surface area contributed by atoms with Gasteiger partial charge in [-0.15, -0.1) is 0 Å². The van der Waals surface area contributed by atoms with E-state index in [1.54, 1.807) is 25.3 Å². The van der Waals surface area contributed by atoms with Crippen molar-refractivity contribution in [3.63, 3.8) is 0 Å². The van der Waals surface area contributed by atoms with Crippen LogP contribution in [-0.4, -0.2) is 44.4 Å². The minimum absolute atomic E-state index is 0.0917. The molecule has 0 unspecified atom stereocenters. The Morgan fingerprint density at radius 3 is 2.59 bits per heavy atom. The normalized spacial score (nSPS) is 21.3. The molecule has 1 heterocycles. The Morgan fingerprint density at radius 2 is 2.05 bits per heavy atom. The van der Waals surface area contributed by atoms with Crippen LogP contribution in [0.15, 0.2) is 18.2 Å². The maximum atomic E-state index is 11.7. The summed E-state index contributed by atoms with van der Waals surface area (Å²) in [4.78, 5) is 25.2. The van der Waals surface area contributed by atoms with Crippen LogP contribution in [0, 0.1) is 11.8 Å². The Morgan fingerprint density at radius 1 is 1.32 bits per heavy atom. The van der Waals surface area contributed by atoms with Crippen molar-refractivity contribution < 1.29 is 24.2 Å². The summed E-state index contributed by atoms with van der Waals surface area (Å²) in [5.41, 5.74) is 0.867. The number of anilines is 1. The van der Waals surface area contributed by atoms with E-state index >= 15 is 0 Å². The second-order valence-electron chi connectivity index (χ2n) is 5.53. The van der Waals surface area contributed by atoms with E-state index in [-0.39, 0.29) is 23.4 Å². The number of piperidine rings is 1. The monoisotopic (exact) mass is 307 g/mol. The number of carboxylic acids is 1. The minimum atomic E-state index is -0.972. The molecule has 2 atom stereocenters. The first-order valence-electron chi connectivity index (χ1n) is 7.22. The zero-order chi connectivity index (χ0) is 16.3. The van der Waals surface area contributed by atoms with Crippen molar-refractivity contribution in [3.8, 4) is 5.75 Å². The first kappa shape index (κ1) is 16.1. The number of aromatic carboxylic acids is 1. The van der Waals surface area contributed by atoms with Gasteiger partial charge < -0.3 is 19.5 Å². The molecule has 0 aliphatic carbocycles. The Balaban J connectivity index is 2.26. The van der Waals surface area contributed by atoms with Gasteiger partial charge in [0.25, 0.3) is 0 Å². The Bertz CT molecular complexity index is 572. The minimum Gasteiger partial charge on any atom is -0.497 e. The second kappa shape index (κ2) is 6.68. The molecule has 1 aromatic rings. The van der Waals surface area contributed by atoms with E-state index < -0.39 is 5.97 Å². The van der Waals surface area contributed by atoms with Crippen LogP contribution in [-0.2, 0) is 9.53 Å². The molecule has 1 saturated heterocycles. The molecular formula is C16H21NO5. The molecule has 0 radical (unpaired) electrons. The molecule has 1 aliphatic rings. The Kier molecular flexibility index (Phi) is 4.90. The van der Waals surface area contributed by atoms with Crippen molar-refractivity contribution in [1.82, 2.24) is 0 Å². The standard InChI is InChI=1S/C16H21NO5/c1-10-9-17(7-6-12(10)16(20)22-3)14-8-11(21-2)4-5-13(14)15(18)19/h4-5,8,10,12H,6-7,9H2,1-3H3,(H,18,19)/t10-,12-/m1/s1. The summed E-state index contributed by atoms with van der Waals surface area (Å²) in [7, 11) is 2.94. The molecule has 6 heteroatoms. The topological polar surface area (TPSA) is 76.1 Å². The van der Waals surface area contributed by atoms with Crippen LogP contribution in [0.5, 0.6) is 5.75 Å². The summed E-state index contributed by atoms with van der Waals surface area (Å²) < 4.78 is 10.0. The van der Waals surface area contributed by atoms with Gasteiger partial charge in [0.2, 0.25) is 0 Å². The number of methoxy groups -OCH3 is 2. The van der Waals surface area contributed by atoms with E-state index in [9.17, 15) is 14.7 Å². The lowest BCUT2D eigenvalue weighted by atomic mass is 9.86. The predicted octanol–water partition coefficient (Wildman–Crippen LogP) is 2.03. The van der Waals surface area contributed by atoms with Crippen LogP contribution >= 0.6 is 0 Å². The van der Waals surface area contributed by atoms with Crippen LogP contribution in [0.4, 0.5) is 5.69 Å². The summed E-state index contributed by atoms with van der Waals surface area (Å²) in [6.07, 6.45) is 0.643. The van der Waals surface area contributed by atoms with Gasteiger partial charge in [0, 0.05) is 19.2 Å². The Hall–Kier alpha value is -2.24. The highest BCUT2D eigenvalue weighted by atomic mass is 16.5. The van der Waals surface area contributed by atoms with Gasteiger partial charge in [-0.05, 0) is 24.5 Å². The molecule has 2 rings (SSSR count). The molecule has 6 nitrogen and oxygen atoms in total. The molecule has 0 spiro atoms. The van der Waals surface area contributed by atoms with Gasteiger partial charge in [0.15, 0.2) is 0 Å². The van der Waals surface area contributed by atoms with Gasteiger partial charge in [-0.1, -0.05) is 6.92 Å². The lowest BCUT2D eigenvalue weighted by Gasteiger charge is -2.37. The first-order valence-corrected chi connectivity index (χ1v) is 7.22. The zero-order valence-electron chi connectivity index (χ0n) is 13.0. The molecular weight excluding hydrogens is 286 g/mol. The highest BCUT2D eigenvalue weighted by molar-refractivity contribution is 5.95. The lowest BCUT2D eigenvalue weighted by molar-refractivity contribution is -0.147. The summed E-state index contributed by atoms with van der Waals surface area (Å²) in [5.74, 6) is -0.603. The maximum absolute atomic E-state index is 11.7. The molecule has 0 aromatic heterocycles. The molecule has 1 aromatic carbocycles. The quantitative estimate of drug-likeness (QED) is 0.858. The van der Waals surface area contributed by atoms with Crippen molar-refractivity contribution >= 4 is 17.6 Å².